The van der Waals surface area contributed by atoms with E-state index in [0.29, 0.717) is 23.1 Å². The van der Waals surface area contributed by atoms with Gasteiger partial charge < -0.3 is 0 Å². The Labute approximate surface area is 159 Å². The quantitative estimate of drug-likeness (QED) is 0.193. The lowest BCUT2D eigenvalue weighted by molar-refractivity contribution is -0.384. The van der Waals surface area contributed by atoms with Crippen molar-refractivity contribution in [2.75, 3.05) is 5.75 Å². The van der Waals surface area contributed by atoms with Crippen molar-refractivity contribution in [2.45, 2.75) is 11.7 Å². The van der Waals surface area contributed by atoms with Gasteiger partial charge in [-0.15, -0.1) is 16.8 Å². The standard InChI is InChI=1S/C19H16N4O3S/c1-2-11-22-18(14-7-4-3-5-8-14)20-21-19(22)27-13-17(24)15-9-6-10-16(12-15)23(25)26/h2-10,12H,1,11,13H2. The third-order valence-corrected chi connectivity index (χ3v) is 4.74. The highest BCUT2D eigenvalue weighted by Crippen LogP contribution is 2.25. The summed E-state index contributed by atoms with van der Waals surface area (Å²) in [4.78, 5) is 22.8. The van der Waals surface area contributed by atoms with E-state index in [-0.39, 0.29) is 17.2 Å². The van der Waals surface area contributed by atoms with Crippen molar-refractivity contribution in [1.82, 2.24) is 14.8 Å². The van der Waals surface area contributed by atoms with Gasteiger partial charge in [0.15, 0.2) is 16.8 Å². The minimum absolute atomic E-state index is 0.102. The van der Waals surface area contributed by atoms with Gasteiger partial charge in [-0.3, -0.25) is 19.5 Å². The number of carbonyl (C=O) groups excluding carboxylic acids is 1. The monoisotopic (exact) mass is 380 g/mol. The van der Waals surface area contributed by atoms with Gasteiger partial charge in [0.1, 0.15) is 0 Å². The molecule has 0 amide bonds. The Kier molecular flexibility index (Phi) is 5.77. The van der Waals surface area contributed by atoms with Gasteiger partial charge in [-0.25, -0.2) is 0 Å². The summed E-state index contributed by atoms with van der Waals surface area (Å²) >= 11 is 1.24. The van der Waals surface area contributed by atoms with Crippen molar-refractivity contribution in [3.05, 3.63) is 82.9 Å². The molecule has 8 heteroatoms. The second-order valence-electron chi connectivity index (χ2n) is 5.59. The fourth-order valence-corrected chi connectivity index (χ4v) is 3.34. The van der Waals surface area contributed by atoms with Gasteiger partial charge in [0.25, 0.3) is 5.69 Å². The molecular weight excluding hydrogens is 364 g/mol. The van der Waals surface area contributed by atoms with E-state index in [1.165, 1.54) is 30.0 Å². The Hall–Kier alpha value is -3.26. The van der Waals surface area contributed by atoms with Crippen molar-refractivity contribution in [3.8, 4) is 11.4 Å². The molecule has 0 unspecified atom stereocenters. The molecule has 136 valence electrons. The van der Waals surface area contributed by atoms with Gasteiger partial charge >= 0.3 is 0 Å². The van der Waals surface area contributed by atoms with Crippen LogP contribution in [0.2, 0.25) is 0 Å². The van der Waals surface area contributed by atoms with Gasteiger partial charge in [-0.2, -0.15) is 0 Å². The van der Waals surface area contributed by atoms with Gasteiger partial charge in [0, 0.05) is 29.8 Å². The number of nitro groups is 1. The zero-order chi connectivity index (χ0) is 19.2. The molecule has 0 aliphatic carbocycles. The average Bonchev–Trinajstić information content (AvgIpc) is 3.10. The van der Waals surface area contributed by atoms with E-state index in [1.807, 2.05) is 34.9 Å². The summed E-state index contributed by atoms with van der Waals surface area (Å²) in [6, 6.07) is 15.3. The number of thioether (sulfide) groups is 1. The van der Waals surface area contributed by atoms with Gasteiger partial charge in [-0.1, -0.05) is 60.3 Å². The molecule has 0 atom stereocenters. The Balaban J connectivity index is 1.79. The smallest absolute Gasteiger partial charge is 0.270 e. The molecule has 3 aromatic rings. The lowest BCUT2D eigenvalue weighted by Crippen LogP contribution is -2.06. The maximum atomic E-state index is 12.4. The van der Waals surface area contributed by atoms with E-state index >= 15 is 0 Å². The molecule has 1 heterocycles. The summed E-state index contributed by atoms with van der Waals surface area (Å²) in [6.45, 7) is 4.27. The summed E-state index contributed by atoms with van der Waals surface area (Å²) in [5.41, 5.74) is 1.12. The van der Waals surface area contributed by atoms with Crippen molar-refractivity contribution in [1.29, 1.82) is 0 Å². The van der Waals surface area contributed by atoms with Crippen molar-refractivity contribution in [2.24, 2.45) is 0 Å². The summed E-state index contributed by atoms with van der Waals surface area (Å²) in [7, 11) is 0. The molecular formula is C19H16N4O3S. The van der Waals surface area contributed by atoms with E-state index in [4.69, 9.17) is 0 Å². The summed E-state index contributed by atoms with van der Waals surface area (Å²) in [5, 5.41) is 19.9. The van der Waals surface area contributed by atoms with Crippen LogP contribution in [-0.2, 0) is 6.54 Å². The number of allylic oxidation sites excluding steroid dienone is 1. The van der Waals surface area contributed by atoms with Gasteiger partial charge in [-0.05, 0) is 0 Å². The fourth-order valence-electron chi connectivity index (χ4n) is 2.50. The SMILES string of the molecule is C=CCn1c(SCC(=O)c2cccc([N+](=O)[O-])c2)nnc1-c1ccccc1. The summed E-state index contributed by atoms with van der Waals surface area (Å²) in [5.74, 6) is 0.588. The van der Waals surface area contributed by atoms with Crippen LogP contribution in [0.15, 0.2) is 72.4 Å². The molecule has 0 aliphatic heterocycles. The number of nitrogens with zero attached hydrogens (tertiary/aromatic N) is 4. The van der Waals surface area contributed by atoms with Crippen LogP contribution >= 0.6 is 11.8 Å². The van der Waals surface area contributed by atoms with Crippen LogP contribution in [0.1, 0.15) is 10.4 Å². The minimum Gasteiger partial charge on any atom is -0.298 e. The Morgan fingerprint density at radius 1 is 1.19 bits per heavy atom. The average molecular weight is 380 g/mol. The zero-order valence-corrected chi connectivity index (χ0v) is 15.1. The van der Waals surface area contributed by atoms with Crippen molar-refractivity contribution >= 4 is 23.2 Å². The molecule has 1 aromatic heterocycles. The van der Waals surface area contributed by atoms with Crippen molar-refractivity contribution in [3.63, 3.8) is 0 Å². The summed E-state index contributed by atoms with van der Waals surface area (Å²) < 4.78 is 1.88. The van der Waals surface area contributed by atoms with Crippen LogP contribution in [0.3, 0.4) is 0 Å². The molecule has 27 heavy (non-hydrogen) atoms. The normalized spacial score (nSPS) is 10.5. The lowest BCUT2D eigenvalue weighted by atomic mass is 10.1. The molecule has 3 rings (SSSR count). The Bertz CT molecular complexity index is 986. The third-order valence-electron chi connectivity index (χ3n) is 3.77. The molecule has 0 fully saturated rings. The first-order valence-electron chi connectivity index (χ1n) is 8.10. The van der Waals surface area contributed by atoms with Crippen LogP contribution in [0, 0.1) is 10.1 Å². The number of benzene rings is 2. The third kappa shape index (κ3) is 4.29. The maximum absolute atomic E-state index is 12.4. The molecule has 0 aliphatic rings. The number of aromatic nitrogens is 3. The van der Waals surface area contributed by atoms with E-state index < -0.39 is 4.92 Å². The zero-order valence-electron chi connectivity index (χ0n) is 14.3. The fraction of sp³-hybridized carbons (Fsp3) is 0.105. The molecule has 0 saturated carbocycles. The molecule has 0 bridgehead atoms. The second kappa shape index (κ2) is 8.41. The van der Waals surface area contributed by atoms with E-state index in [1.54, 1.807) is 12.1 Å². The molecule has 0 radical (unpaired) electrons. The highest BCUT2D eigenvalue weighted by Gasteiger charge is 2.16. The Morgan fingerprint density at radius 2 is 1.96 bits per heavy atom. The molecule has 7 nitrogen and oxygen atoms in total. The number of nitro benzene ring substituents is 1. The predicted octanol–water partition coefficient (Wildman–Crippen LogP) is 4.01. The van der Waals surface area contributed by atoms with Crippen LogP contribution in [-0.4, -0.2) is 31.2 Å². The van der Waals surface area contributed by atoms with E-state index in [2.05, 4.69) is 16.8 Å². The number of ketones is 1. The van der Waals surface area contributed by atoms with Crippen LogP contribution < -0.4 is 0 Å². The van der Waals surface area contributed by atoms with Gasteiger partial charge in [0.2, 0.25) is 0 Å². The summed E-state index contributed by atoms with van der Waals surface area (Å²) in [6.07, 6.45) is 1.74. The number of non-ortho nitro benzene ring substituents is 1. The first kappa shape index (κ1) is 18.5. The minimum atomic E-state index is -0.517. The van der Waals surface area contributed by atoms with Crippen LogP contribution in [0.4, 0.5) is 5.69 Å². The number of hydrogen-bond donors (Lipinski definition) is 0. The van der Waals surface area contributed by atoms with Gasteiger partial charge in [0.05, 0.1) is 10.7 Å². The number of rotatable bonds is 8. The molecule has 2 aromatic carbocycles. The maximum Gasteiger partial charge on any atom is 0.270 e. The van der Waals surface area contributed by atoms with E-state index in [9.17, 15) is 14.9 Å². The van der Waals surface area contributed by atoms with Crippen LogP contribution in [0.25, 0.3) is 11.4 Å². The number of Topliss-reactive ketones (excluding diaryl/α,β-unsaturated/α-hetero) is 1. The van der Waals surface area contributed by atoms with Crippen molar-refractivity contribution < 1.29 is 9.72 Å². The van der Waals surface area contributed by atoms with Crippen LogP contribution in [0.5, 0.6) is 0 Å². The largest absolute Gasteiger partial charge is 0.298 e. The Morgan fingerprint density at radius 3 is 2.67 bits per heavy atom. The molecule has 0 saturated heterocycles. The first-order valence-corrected chi connectivity index (χ1v) is 9.08. The molecule has 0 N–H and O–H groups in total. The number of carbonyl (C=O) groups is 1. The first-order chi connectivity index (χ1) is 13.1. The van der Waals surface area contributed by atoms with E-state index in [0.717, 1.165) is 5.56 Å². The highest BCUT2D eigenvalue weighted by atomic mass is 32.2. The second-order valence-corrected chi connectivity index (χ2v) is 6.53. The lowest BCUT2D eigenvalue weighted by Gasteiger charge is -2.07. The number of hydrogen-bond acceptors (Lipinski definition) is 6. The molecule has 0 spiro atoms. The highest BCUT2D eigenvalue weighted by molar-refractivity contribution is 7.99. The topological polar surface area (TPSA) is 90.9 Å². The predicted molar refractivity (Wildman–Crippen MR) is 104 cm³/mol.